The summed E-state index contributed by atoms with van der Waals surface area (Å²) in [4.78, 5) is 2.45. The summed E-state index contributed by atoms with van der Waals surface area (Å²) < 4.78 is 6.41. The van der Waals surface area contributed by atoms with Crippen LogP contribution in [0.3, 0.4) is 0 Å². The molecule has 0 radical (unpaired) electrons. The second-order valence-electron chi connectivity index (χ2n) is 16.5. The molecule has 2 nitrogen and oxygen atoms in total. The van der Waals surface area contributed by atoms with Crippen molar-refractivity contribution in [2.24, 2.45) is 0 Å². The van der Waals surface area contributed by atoms with Crippen LogP contribution in [0.25, 0.3) is 33.4 Å². The van der Waals surface area contributed by atoms with Crippen molar-refractivity contribution in [2.75, 3.05) is 4.90 Å². The third-order valence-electron chi connectivity index (χ3n) is 12.8. The second-order valence-corrected chi connectivity index (χ2v) is 16.5. The van der Waals surface area contributed by atoms with Gasteiger partial charge in [-0.1, -0.05) is 190 Å². The van der Waals surface area contributed by atoms with E-state index >= 15 is 0 Å². The van der Waals surface area contributed by atoms with Crippen LogP contribution >= 0.6 is 0 Å². The summed E-state index contributed by atoms with van der Waals surface area (Å²) in [6.45, 7) is 4.59. The van der Waals surface area contributed by atoms with Crippen molar-refractivity contribution in [2.45, 2.75) is 24.7 Å². The highest BCUT2D eigenvalue weighted by Crippen LogP contribution is 2.59. The molecular weight excluding hydrogens is 727 g/mol. The third kappa shape index (κ3) is 5.56. The van der Waals surface area contributed by atoms with Gasteiger partial charge in [0.2, 0.25) is 0 Å². The Balaban J connectivity index is 1.08. The molecule has 0 spiro atoms. The number of benzene rings is 9. The minimum absolute atomic E-state index is 0.193. The lowest BCUT2D eigenvalue weighted by Crippen LogP contribution is -2.28. The van der Waals surface area contributed by atoms with Gasteiger partial charge in [-0.2, -0.15) is 0 Å². The van der Waals surface area contributed by atoms with Gasteiger partial charge < -0.3 is 9.64 Å². The van der Waals surface area contributed by atoms with Crippen LogP contribution in [0.4, 0.5) is 17.1 Å². The molecule has 0 saturated carbocycles. The molecule has 11 rings (SSSR count). The molecule has 9 aromatic carbocycles. The molecule has 286 valence electrons. The molecule has 0 bridgehead atoms. The van der Waals surface area contributed by atoms with E-state index in [2.05, 4.69) is 237 Å². The van der Waals surface area contributed by atoms with Crippen LogP contribution in [0.5, 0.6) is 11.5 Å². The molecule has 0 atom stereocenters. The lowest BCUT2D eigenvalue weighted by atomic mass is 9.68. The Kier molecular flexibility index (Phi) is 8.42. The fraction of sp³-hybridized carbons (Fsp3) is 0.0690. The van der Waals surface area contributed by atoms with E-state index in [1.165, 1.54) is 61.2 Å². The Morgan fingerprint density at radius 1 is 0.367 bits per heavy atom. The molecule has 1 aliphatic heterocycles. The van der Waals surface area contributed by atoms with E-state index in [4.69, 9.17) is 4.74 Å². The van der Waals surface area contributed by atoms with Crippen molar-refractivity contribution in [1.82, 2.24) is 0 Å². The fourth-order valence-corrected chi connectivity index (χ4v) is 9.95. The number of para-hydroxylation sites is 1. The lowest BCUT2D eigenvalue weighted by molar-refractivity contribution is 0.418. The number of anilines is 3. The highest BCUT2D eigenvalue weighted by Gasteiger charge is 2.47. The van der Waals surface area contributed by atoms with Crippen molar-refractivity contribution in [3.8, 4) is 44.9 Å². The Labute approximate surface area is 352 Å². The molecule has 0 saturated heterocycles. The van der Waals surface area contributed by atoms with Gasteiger partial charge in [-0.25, -0.2) is 0 Å². The van der Waals surface area contributed by atoms with Gasteiger partial charge in [-0.3, -0.25) is 0 Å². The number of nitrogens with zero attached hydrogens (tertiary/aromatic N) is 1. The van der Waals surface area contributed by atoms with Gasteiger partial charge in [0.1, 0.15) is 11.5 Å². The van der Waals surface area contributed by atoms with Crippen molar-refractivity contribution >= 4 is 17.1 Å². The van der Waals surface area contributed by atoms with Gasteiger partial charge in [-0.05, 0) is 98.6 Å². The maximum absolute atomic E-state index is 6.41. The molecule has 0 fully saturated rings. The van der Waals surface area contributed by atoms with Gasteiger partial charge in [0.15, 0.2) is 0 Å². The van der Waals surface area contributed by atoms with E-state index in [1.54, 1.807) is 0 Å². The van der Waals surface area contributed by atoms with Gasteiger partial charge in [0, 0.05) is 33.5 Å². The maximum atomic E-state index is 6.41. The van der Waals surface area contributed by atoms with E-state index < -0.39 is 5.41 Å². The van der Waals surface area contributed by atoms with E-state index in [0.717, 1.165) is 34.1 Å². The van der Waals surface area contributed by atoms with Crippen molar-refractivity contribution < 1.29 is 4.74 Å². The standard InChI is InChI=1S/C58H43NO/c1-57(2)50-25-14-15-28-54(50)60-55-38-33-43(39-52(55)57)42-31-36-47(37-32-42)59(46-34-29-41(30-35-46)40-17-6-3-7-18-40)53-27-16-26-51-56(53)48-23-12-13-24-49(48)58(51,44-19-8-4-9-20-44)45-21-10-5-11-22-45/h3-39H,1-2H3. The second kappa shape index (κ2) is 14.1. The predicted octanol–water partition coefficient (Wildman–Crippen LogP) is 15.3. The quantitative estimate of drug-likeness (QED) is 0.160. The van der Waals surface area contributed by atoms with Crippen LogP contribution in [0.15, 0.2) is 224 Å². The number of ether oxygens (including phenoxy) is 1. The Hall–Kier alpha value is -7.42. The van der Waals surface area contributed by atoms with Crippen LogP contribution in [0.1, 0.15) is 47.2 Å². The highest BCUT2D eigenvalue weighted by atomic mass is 16.5. The van der Waals surface area contributed by atoms with Crippen LogP contribution in [-0.4, -0.2) is 0 Å². The van der Waals surface area contributed by atoms with Crippen LogP contribution in [-0.2, 0) is 10.8 Å². The topological polar surface area (TPSA) is 12.5 Å². The van der Waals surface area contributed by atoms with Crippen LogP contribution in [0, 0.1) is 0 Å². The van der Waals surface area contributed by atoms with Gasteiger partial charge in [0.25, 0.3) is 0 Å². The zero-order chi connectivity index (χ0) is 40.3. The van der Waals surface area contributed by atoms with E-state index in [1.807, 2.05) is 6.07 Å². The SMILES string of the molecule is CC1(C)c2ccccc2Oc2ccc(-c3ccc(N(c4ccc(-c5ccccc5)cc4)c4cccc5c4-c4ccccc4C5(c4ccccc4)c4ccccc4)cc3)cc21. The Morgan fingerprint density at radius 2 is 0.850 bits per heavy atom. The molecule has 0 aromatic heterocycles. The zero-order valence-corrected chi connectivity index (χ0v) is 33.7. The Morgan fingerprint density at radius 3 is 1.50 bits per heavy atom. The first-order valence-electron chi connectivity index (χ1n) is 20.8. The molecule has 2 aliphatic rings. The zero-order valence-electron chi connectivity index (χ0n) is 33.7. The largest absolute Gasteiger partial charge is 0.457 e. The number of rotatable bonds is 7. The molecule has 2 heteroatoms. The lowest BCUT2D eigenvalue weighted by Gasteiger charge is -2.35. The van der Waals surface area contributed by atoms with Crippen molar-refractivity contribution in [1.29, 1.82) is 0 Å². The van der Waals surface area contributed by atoms with Gasteiger partial charge in [0.05, 0.1) is 11.1 Å². The molecule has 9 aromatic rings. The normalized spacial score (nSPS) is 13.9. The first-order valence-corrected chi connectivity index (χ1v) is 20.8. The summed E-state index contributed by atoms with van der Waals surface area (Å²) in [6.07, 6.45) is 0. The summed E-state index contributed by atoms with van der Waals surface area (Å²) in [5.74, 6) is 1.85. The van der Waals surface area contributed by atoms with Crippen molar-refractivity contribution in [3.63, 3.8) is 0 Å². The Bertz CT molecular complexity index is 2970. The fourth-order valence-electron chi connectivity index (χ4n) is 9.95. The van der Waals surface area contributed by atoms with Crippen LogP contribution < -0.4 is 9.64 Å². The predicted molar refractivity (Wildman–Crippen MR) is 248 cm³/mol. The average Bonchev–Trinajstić information content (AvgIpc) is 3.62. The molecule has 0 N–H and O–H groups in total. The van der Waals surface area contributed by atoms with Gasteiger partial charge >= 0.3 is 0 Å². The first kappa shape index (κ1) is 35.7. The molecule has 0 unspecified atom stereocenters. The number of hydrogen-bond acceptors (Lipinski definition) is 2. The molecule has 0 amide bonds. The smallest absolute Gasteiger partial charge is 0.131 e. The maximum Gasteiger partial charge on any atom is 0.131 e. The summed E-state index contributed by atoms with van der Waals surface area (Å²) in [6, 6.07) is 81.7. The number of fused-ring (bicyclic) bond motifs is 5. The first-order chi connectivity index (χ1) is 29.5. The van der Waals surface area contributed by atoms with Crippen LogP contribution in [0.2, 0.25) is 0 Å². The molecule has 1 aliphatic carbocycles. The van der Waals surface area contributed by atoms with E-state index in [-0.39, 0.29) is 5.41 Å². The molecule has 1 heterocycles. The third-order valence-corrected chi connectivity index (χ3v) is 12.8. The van der Waals surface area contributed by atoms with Gasteiger partial charge in [-0.15, -0.1) is 0 Å². The molecule has 60 heavy (non-hydrogen) atoms. The monoisotopic (exact) mass is 769 g/mol. The molecular formula is C58H43NO. The summed E-state index contributed by atoms with van der Waals surface area (Å²) >= 11 is 0. The summed E-state index contributed by atoms with van der Waals surface area (Å²) in [5, 5.41) is 0. The van der Waals surface area contributed by atoms with Crippen molar-refractivity contribution in [3.05, 3.63) is 258 Å². The van der Waals surface area contributed by atoms with E-state index in [9.17, 15) is 0 Å². The number of hydrogen-bond donors (Lipinski definition) is 0. The minimum atomic E-state index is -0.498. The summed E-state index contributed by atoms with van der Waals surface area (Å²) in [7, 11) is 0. The minimum Gasteiger partial charge on any atom is -0.457 e. The van der Waals surface area contributed by atoms with E-state index in [0.29, 0.717) is 0 Å². The average molecular weight is 770 g/mol. The summed E-state index contributed by atoms with van der Waals surface area (Å²) in [5.41, 5.74) is 17.3. The highest BCUT2D eigenvalue weighted by molar-refractivity contribution is 5.97.